The number of hydrogen-bond donors (Lipinski definition) is 1. The molecule has 6 heteroatoms. The molecular formula is C11H8ClNO3S. The molecule has 1 heterocycles. The SMILES string of the molecule is O=C(O)c1nc(COc2cccc(Cl)c2)cs1. The second-order valence-electron chi connectivity index (χ2n) is 3.20. The molecule has 0 fully saturated rings. The third kappa shape index (κ3) is 3.18. The topological polar surface area (TPSA) is 59.4 Å². The summed E-state index contributed by atoms with van der Waals surface area (Å²) in [7, 11) is 0. The largest absolute Gasteiger partial charge is 0.487 e. The van der Waals surface area contributed by atoms with Gasteiger partial charge in [-0.1, -0.05) is 17.7 Å². The van der Waals surface area contributed by atoms with Crippen LogP contribution in [0.25, 0.3) is 0 Å². The third-order valence-electron chi connectivity index (χ3n) is 1.92. The van der Waals surface area contributed by atoms with Crippen molar-refractivity contribution in [2.75, 3.05) is 0 Å². The predicted octanol–water partition coefficient (Wildman–Crippen LogP) is 3.07. The minimum Gasteiger partial charge on any atom is -0.487 e. The Hall–Kier alpha value is -1.59. The molecule has 0 saturated heterocycles. The number of benzene rings is 1. The number of carboxylic acids is 1. The van der Waals surface area contributed by atoms with Crippen molar-refractivity contribution < 1.29 is 14.6 Å². The van der Waals surface area contributed by atoms with Gasteiger partial charge in [0, 0.05) is 10.4 Å². The van der Waals surface area contributed by atoms with Crippen molar-refractivity contribution in [1.82, 2.24) is 4.98 Å². The van der Waals surface area contributed by atoms with Gasteiger partial charge in [-0.15, -0.1) is 11.3 Å². The molecule has 0 bridgehead atoms. The zero-order valence-corrected chi connectivity index (χ0v) is 10.2. The zero-order valence-electron chi connectivity index (χ0n) is 8.59. The molecule has 0 saturated carbocycles. The van der Waals surface area contributed by atoms with Crippen LogP contribution in [-0.4, -0.2) is 16.1 Å². The highest BCUT2D eigenvalue weighted by Gasteiger charge is 2.09. The standard InChI is InChI=1S/C11H8ClNO3S/c12-7-2-1-3-9(4-7)16-5-8-6-17-10(13-8)11(14)15/h1-4,6H,5H2,(H,14,15). The van der Waals surface area contributed by atoms with Crippen molar-refractivity contribution in [3.05, 3.63) is 45.4 Å². The van der Waals surface area contributed by atoms with Gasteiger partial charge in [-0.2, -0.15) is 0 Å². The van der Waals surface area contributed by atoms with Gasteiger partial charge in [-0.3, -0.25) is 0 Å². The highest BCUT2D eigenvalue weighted by Crippen LogP contribution is 2.19. The first-order valence-electron chi connectivity index (χ1n) is 4.71. The van der Waals surface area contributed by atoms with E-state index in [9.17, 15) is 4.79 Å². The van der Waals surface area contributed by atoms with Crippen molar-refractivity contribution in [2.45, 2.75) is 6.61 Å². The Bertz CT molecular complexity index is 541. The summed E-state index contributed by atoms with van der Waals surface area (Å²) in [4.78, 5) is 14.5. The fourth-order valence-corrected chi connectivity index (χ4v) is 2.01. The van der Waals surface area contributed by atoms with Crippen LogP contribution in [-0.2, 0) is 6.61 Å². The number of thiazole rings is 1. The van der Waals surface area contributed by atoms with E-state index in [1.54, 1.807) is 29.6 Å². The molecule has 0 spiro atoms. The van der Waals surface area contributed by atoms with E-state index in [1.807, 2.05) is 0 Å². The van der Waals surface area contributed by atoms with Crippen LogP contribution >= 0.6 is 22.9 Å². The Balaban J connectivity index is 2.00. The van der Waals surface area contributed by atoms with Crippen molar-refractivity contribution in [1.29, 1.82) is 0 Å². The predicted molar refractivity (Wildman–Crippen MR) is 64.9 cm³/mol. The van der Waals surface area contributed by atoms with Gasteiger partial charge in [0.1, 0.15) is 12.4 Å². The quantitative estimate of drug-likeness (QED) is 0.927. The van der Waals surface area contributed by atoms with Gasteiger partial charge in [-0.05, 0) is 18.2 Å². The van der Waals surface area contributed by atoms with Gasteiger partial charge in [0.15, 0.2) is 0 Å². The van der Waals surface area contributed by atoms with Crippen LogP contribution in [0, 0.1) is 0 Å². The zero-order chi connectivity index (χ0) is 12.3. The summed E-state index contributed by atoms with van der Waals surface area (Å²) in [6.45, 7) is 0.226. The van der Waals surface area contributed by atoms with E-state index in [1.165, 1.54) is 0 Å². The van der Waals surface area contributed by atoms with Crippen LogP contribution in [0.15, 0.2) is 29.6 Å². The number of halogens is 1. The second kappa shape index (κ2) is 5.16. The number of carboxylic acid groups (broad SMARTS) is 1. The van der Waals surface area contributed by atoms with Gasteiger partial charge >= 0.3 is 5.97 Å². The minimum atomic E-state index is -1.02. The molecule has 0 amide bonds. The lowest BCUT2D eigenvalue weighted by molar-refractivity contribution is 0.0696. The molecular weight excluding hydrogens is 262 g/mol. The van der Waals surface area contributed by atoms with Gasteiger partial charge in [0.05, 0.1) is 5.69 Å². The molecule has 0 aliphatic carbocycles. The Labute approximate surface area is 106 Å². The van der Waals surface area contributed by atoms with E-state index < -0.39 is 5.97 Å². The average molecular weight is 270 g/mol. The number of carbonyl (C=O) groups is 1. The average Bonchev–Trinajstić information content (AvgIpc) is 2.75. The summed E-state index contributed by atoms with van der Waals surface area (Å²) < 4.78 is 5.43. The van der Waals surface area contributed by atoms with Gasteiger partial charge in [-0.25, -0.2) is 9.78 Å². The van der Waals surface area contributed by atoms with E-state index in [0.717, 1.165) is 11.3 Å². The molecule has 0 aliphatic heterocycles. The van der Waals surface area contributed by atoms with E-state index in [4.69, 9.17) is 21.4 Å². The fraction of sp³-hybridized carbons (Fsp3) is 0.0909. The maximum absolute atomic E-state index is 10.6. The van der Waals surface area contributed by atoms with Crippen LogP contribution in [0.2, 0.25) is 5.02 Å². The maximum Gasteiger partial charge on any atom is 0.365 e. The molecule has 1 aromatic heterocycles. The maximum atomic E-state index is 10.6. The molecule has 4 nitrogen and oxygen atoms in total. The number of nitrogens with zero attached hydrogens (tertiary/aromatic N) is 1. The minimum absolute atomic E-state index is 0.0645. The molecule has 2 aromatic rings. The summed E-state index contributed by atoms with van der Waals surface area (Å²) in [5.41, 5.74) is 0.590. The number of aromatic nitrogens is 1. The number of ether oxygens (including phenoxy) is 1. The van der Waals surface area contributed by atoms with Crippen LogP contribution in [0.1, 0.15) is 15.5 Å². The van der Waals surface area contributed by atoms with Crippen molar-refractivity contribution in [2.24, 2.45) is 0 Å². The lowest BCUT2D eigenvalue weighted by atomic mass is 10.3. The fourth-order valence-electron chi connectivity index (χ4n) is 1.19. The van der Waals surface area contributed by atoms with E-state index in [2.05, 4.69) is 4.98 Å². The third-order valence-corrected chi connectivity index (χ3v) is 3.03. The Kier molecular flexibility index (Phi) is 3.61. The first-order chi connectivity index (χ1) is 8.15. The molecule has 2 rings (SSSR count). The smallest absolute Gasteiger partial charge is 0.365 e. The van der Waals surface area contributed by atoms with Crippen LogP contribution in [0.4, 0.5) is 0 Å². The summed E-state index contributed by atoms with van der Waals surface area (Å²) in [5.74, 6) is -0.397. The molecule has 88 valence electrons. The van der Waals surface area contributed by atoms with Gasteiger partial charge in [0.2, 0.25) is 5.01 Å². The van der Waals surface area contributed by atoms with Crippen molar-refractivity contribution in [3.8, 4) is 5.75 Å². The van der Waals surface area contributed by atoms with Gasteiger partial charge < -0.3 is 9.84 Å². The lowest BCUT2D eigenvalue weighted by Crippen LogP contribution is -1.99. The van der Waals surface area contributed by atoms with Crippen LogP contribution in [0.3, 0.4) is 0 Å². The van der Waals surface area contributed by atoms with E-state index in [0.29, 0.717) is 16.5 Å². The first-order valence-corrected chi connectivity index (χ1v) is 5.97. The summed E-state index contributed by atoms with van der Waals surface area (Å²) in [5, 5.41) is 11.0. The highest BCUT2D eigenvalue weighted by atomic mass is 35.5. The molecule has 17 heavy (non-hydrogen) atoms. The first kappa shape index (κ1) is 11.9. The molecule has 0 radical (unpaired) electrons. The van der Waals surface area contributed by atoms with Crippen LogP contribution in [0.5, 0.6) is 5.75 Å². The van der Waals surface area contributed by atoms with Crippen molar-refractivity contribution >= 4 is 28.9 Å². The summed E-state index contributed by atoms with van der Waals surface area (Å²) >= 11 is 6.88. The molecule has 0 aliphatic rings. The van der Waals surface area contributed by atoms with Gasteiger partial charge in [0.25, 0.3) is 0 Å². The molecule has 0 unspecified atom stereocenters. The lowest BCUT2D eigenvalue weighted by Gasteiger charge is -2.03. The summed E-state index contributed by atoms with van der Waals surface area (Å²) in [6.07, 6.45) is 0. The normalized spacial score (nSPS) is 10.2. The molecule has 1 aromatic carbocycles. The highest BCUT2D eigenvalue weighted by molar-refractivity contribution is 7.11. The number of rotatable bonds is 4. The Morgan fingerprint density at radius 2 is 2.35 bits per heavy atom. The number of hydrogen-bond acceptors (Lipinski definition) is 4. The Morgan fingerprint density at radius 3 is 3.00 bits per heavy atom. The summed E-state index contributed by atoms with van der Waals surface area (Å²) in [6, 6.07) is 6.99. The van der Waals surface area contributed by atoms with Crippen molar-refractivity contribution in [3.63, 3.8) is 0 Å². The molecule has 1 N–H and O–H groups in total. The second-order valence-corrected chi connectivity index (χ2v) is 4.49. The van der Waals surface area contributed by atoms with E-state index >= 15 is 0 Å². The van der Waals surface area contributed by atoms with E-state index in [-0.39, 0.29) is 11.6 Å². The molecule has 0 atom stereocenters. The van der Waals surface area contributed by atoms with Crippen LogP contribution < -0.4 is 4.74 Å². The Morgan fingerprint density at radius 1 is 1.53 bits per heavy atom. The monoisotopic (exact) mass is 269 g/mol. The number of aromatic carboxylic acids is 1.